The Kier molecular flexibility index (Phi) is 4.92. The number of ether oxygens (including phenoxy) is 1. The standard InChI is InChI=1S/C17H15FN2O2S/c1-2-21-15-10-6-4-8-13(15)16-19-20-17(22-16)23-11-12-7-3-5-9-14(12)18/h3-10H,2,11H2,1H3. The summed E-state index contributed by atoms with van der Waals surface area (Å²) in [6.45, 7) is 2.47. The molecule has 0 N–H and O–H groups in total. The Morgan fingerprint density at radius 1 is 1.09 bits per heavy atom. The van der Waals surface area contributed by atoms with Crippen LogP contribution in [0.15, 0.2) is 58.2 Å². The molecule has 0 amide bonds. The first-order chi connectivity index (χ1) is 11.3. The maximum Gasteiger partial charge on any atom is 0.277 e. The number of nitrogens with zero attached hydrogens (tertiary/aromatic N) is 2. The number of thioether (sulfide) groups is 1. The van der Waals surface area contributed by atoms with Crippen molar-refractivity contribution in [3.63, 3.8) is 0 Å². The van der Waals surface area contributed by atoms with E-state index in [1.54, 1.807) is 18.2 Å². The number of aromatic nitrogens is 2. The van der Waals surface area contributed by atoms with E-state index in [9.17, 15) is 4.39 Å². The van der Waals surface area contributed by atoms with E-state index in [1.807, 2.05) is 31.2 Å². The molecule has 0 spiro atoms. The van der Waals surface area contributed by atoms with Gasteiger partial charge in [0.05, 0.1) is 12.2 Å². The second-order valence-electron chi connectivity index (χ2n) is 4.68. The van der Waals surface area contributed by atoms with E-state index < -0.39 is 0 Å². The third-order valence-corrected chi connectivity index (χ3v) is 4.00. The summed E-state index contributed by atoms with van der Waals surface area (Å²) in [7, 11) is 0. The number of para-hydroxylation sites is 1. The van der Waals surface area contributed by atoms with Crippen molar-refractivity contribution in [3.05, 3.63) is 59.9 Å². The molecule has 0 bridgehead atoms. The fourth-order valence-corrected chi connectivity index (χ4v) is 2.81. The van der Waals surface area contributed by atoms with E-state index in [0.29, 0.717) is 34.8 Å². The fourth-order valence-electron chi connectivity index (χ4n) is 2.06. The Balaban J connectivity index is 1.75. The molecule has 0 unspecified atom stereocenters. The molecule has 6 heteroatoms. The van der Waals surface area contributed by atoms with Crippen molar-refractivity contribution in [1.29, 1.82) is 0 Å². The van der Waals surface area contributed by atoms with Crippen LogP contribution < -0.4 is 4.74 Å². The molecular weight excluding hydrogens is 315 g/mol. The molecule has 0 aliphatic heterocycles. The summed E-state index contributed by atoms with van der Waals surface area (Å²) in [5.41, 5.74) is 1.35. The van der Waals surface area contributed by atoms with Gasteiger partial charge in [0, 0.05) is 5.75 Å². The average molecular weight is 330 g/mol. The predicted molar refractivity (Wildman–Crippen MR) is 86.9 cm³/mol. The molecule has 0 aliphatic rings. The molecule has 0 saturated heterocycles. The highest BCUT2D eigenvalue weighted by molar-refractivity contribution is 7.98. The van der Waals surface area contributed by atoms with Crippen molar-refractivity contribution in [1.82, 2.24) is 10.2 Å². The minimum atomic E-state index is -0.235. The molecule has 2 aromatic carbocycles. The second kappa shape index (κ2) is 7.28. The molecule has 0 aliphatic carbocycles. The zero-order valence-corrected chi connectivity index (χ0v) is 13.3. The quantitative estimate of drug-likeness (QED) is 0.620. The van der Waals surface area contributed by atoms with Crippen LogP contribution in [0, 0.1) is 5.82 Å². The normalized spacial score (nSPS) is 10.7. The summed E-state index contributed by atoms with van der Waals surface area (Å²) < 4.78 is 24.8. The van der Waals surface area contributed by atoms with Crippen molar-refractivity contribution in [2.75, 3.05) is 6.61 Å². The molecule has 0 atom stereocenters. The van der Waals surface area contributed by atoms with Gasteiger partial charge in [-0.1, -0.05) is 42.1 Å². The zero-order valence-electron chi connectivity index (χ0n) is 12.5. The van der Waals surface area contributed by atoms with Gasteiger partial charge in [0.1, 0.15) is 11.6 Å². The Morgan fingerprint density at radius 3 is 2.70 bits per heavy atom. The third-order valence-electron chi connectivity index (χ3n) is 3.13. The van der Waals surface area contributed by atoms with E-state index in [4.69, 9.17) is 9.15 Å². The maximum atomic E-state index is 13.6. The Bertz CT molecular complexity index is 792. The SMILES string of the molecule is CCOc1ccccc1-c1nnc(SCc2ccccc2F)o1. The topological polar surface area (TPSA) is 48.2 Å². The molecular formula is C17H15FN2O2S. The second-order valence-corrected chi connectivity index (χ2v) is 5.61. The van der Waals surface area contributed by atoms with Gasteiger partial charge in [-0.3, -0.25) is 0 Å². The monoisotopic (exact) mass is 330 g/mol. The largest absolute Gasteiger partial charge is 0.493 e. The van der Waals surface area contributed by atoms with E-state index in [2.05, 4.69) is 10.2 Å². The van der Waals surface area contributed by atoms with Crippen LogP contribution in [0.5, 0.6) is 5.75 Å². The molecule has 1 heterocycles. The molecule has 3 aromatic rings. The van der Waals surface area contributed by atoms with Crippen LogP contribution in [-0.2, 0) is 5.75 Å². The molecule has 23 heavy (non-hydrogen) atoms. The molecule has 0 fully saturated rings. The minimum absolute atomic E-state index is 0.235. The highest BCUT2D eigenvalue weighted by Crippen LogP contribution is 2.31. The van der Waals surface area contributed by atoms with E-state index >= 15 is 0 Å². The first kappa shape index (κ1) is 15.6. The average Bonchev–Trinajstić information content (AvgIpc) is 3.04. The van der Waals surface area contributed by atoms with Gasteiger partial charge in [-0.25, -0.2) is 4.39 Å². The first-order valence-corrected chi connectivity index (χ1v) is 8.18. The molecule has 3 rings (SSSR count). The number of rotatable bonds is 6. The van der Waals surface area contributed by atoms with Crippen molar-refractivity contribution < 1.29 is 13.5 Å². The zero-order chi connectivity index (χ0) is 16.1. The fraction of sp³-hybridized carbons (Fsp3) is 0.176. The molecule has 4 nitrogen and oxygen atoms in total. The van der Waals surface area contributed by atoms with Crippen LogP contribution >= 0.6 is 11.8 Å². The first-order valence-electron chi connectivity index (χ1n) is 7.20. The van der Waals surface area contributed by atoms with Crippen molar-refractivity contribution in [2.45, 2.75) is 17.9 Å². The number of halogens is 1. The van der Waals surface area contributed by atoms with Crippen molar-refractivity contribution in [2.24, 2.45) is 0 Å². The van der Waals surface area contributed by atoms with Gasteiger partial charge in [-0.05, 0) is 30.7 Å². The van der Waals surface area contributed by atoms with E-state index in [1.165, 1.54) is 17.8 Å². The van der Waals surface area contributed by atoms with Crippen molar-refractivity contribution in [3.8, 4) is 17.2 Å². The number of benzene rings is 2. The lowest BCUT2D eigenvalue weighted by atomic mass is 10.2. The van der Waals surface area contributed by atoms with Gasteiger partial charge >= 0.3 is 0 Å². The predicted octanol–water partition coefficient (Wildman–Crippen LogP) is 4.57. The molecule has 0 saturated carbocycles. The number of hydrogen-bond donors (Lipinski definition) is 0. The maximum absolute atomic E-state index is 13.6. The van der Waals surface area contributed by atoms with Crippen LogP contribution in [0.3, 0.4) is 0 Å². The lowest BCUT2D eigenvalue weighted by Crippen LogP contribution is -1.93. The Morgan fingerprint density at radius 2 is 1.87 bits per heavy atom. The van der Waals surface area contributed by atoms with Gasteiger partial charge in [-0.2, -0.15) is 0 Å². The van der Waals surface area contributed by atoms with Crippen LogP contribution in [0.1, 0.15) is 12.5 Å². The van der Waals surface area contributed by atoms with Crippen LogP contribution in [-0.4, -0.2) is 16.8 Å². The van der Waals surface area contributed by atoms with Gasteiger partial charge in [0.15, 0.2) is 0 Å². The summed E-state index contributed by atoms with van der Waals surface area (Å²) >= 11 is 1.30. The summed E-state index contributed by atoms with van der Waals surface area (Å²) in [4.78, 5) is 0. The lowest BCUT2D eigenvalue weighted by Gasteiger charge is -2.06. The highest BCUT2D eigenvalue weighted by atomic mass is 32.2. The van der Waals surface area contributed by atoms with Gasteiger partial charge in [0.2, 0.25) is 0 Å². The molecule has 1 aromatic heterocycles. The van der Waals surface area contributed by atoms with Crippen molar-refractivity contribution >= 4 is 11.8 Å². The third kappa shape index (κ3) is 3.71. The number of hydrogen-bond acceptors (Lipinski definition) is 5. The lowest BCUT2D eigenvalue weighted by molar-refractivity contribution is 0.340. The smallest absolute Gasteiger partial charge is 0.277 e. The van der Waals surface area contributed by atoms with Crippen LogP contribution in [0.2, 0.25) is 0 Å². The summed E-state index contributed by atoms with van der Waals surface area (Å²) in [5, 5.41) is 8.46. The van der Waals surface area contributed by atoms with Crippen LogP contribution in [0.4, 0.5) is 4.39 Å². The Hall–Kier alpha value is -2.34. The van der Waals surface area contributed by atoms with Gasteiger partial charge in [-0.15, -0.1) is 10.2 Å². The van der Waals surface area contributed by atoms with E-state index in [-0.39, 0.29) is 5.82 Å². The molecule has 0 radical (unpaired) electrons. The van der Waals surface area contributed by atoms with E-state index in [0.717, 1.165) is 5.56 Å². The summed E-state index contributed by atoms with van der Waals surface area (Å²) in [6, 6.07) is 14.1. The van der Waals surface area contributed by atoms with Crippen LogP contribution in [0.25, 0.3) is 11.5 Å². The Labute approximate surface area is 137 Å². The highest BCUT2D eigenvalue weighted by Gasteiger charge is 2.14. The molecule has 118 valence electrons. The summed E-state index contributed by atoms with van der Waals surface area (Å²) in [6.07, 6.45) is 0. The van der Waals surface area contributed by atoms with Gasteiger partial charge < -0.3 is 9.15 Å². The minimum Gasteiger partial charge on any atom is -0.493 e. The summed E-state index contributed by atoms with van der Waals surface area (Å²) in [5.74, 6) is 1.29. The van der Waals surface area contributed by atoms with Gasteiger partial charge in [0.25, 0.3) is 11.1 Å².